The molecule has 0 aliphatic rings. The van der Waals surface area contributed by atoms with Crippen molar-refractivity contribution >= 4 is 34.4 Å². The minimum Gasteiger partial charge on any atom is -0.494 e. The molecule has 2 amide bonds. The predicted molar refractivity (Wildman–Crippen MR) is 111 cm³/mol. The number of Topliss-reactive ketones (excluding diaryl/α,β-unsaturated/α-hetero) is 1. The number of carbonyl (C=O) groups is 3. The Bertz CT molecular complexity index is 817. The van der Waals surface area contributed by atoms with Gasteiger partial charge in [0.15, 0.2) is 5.78 Å². The Morgan fingerprint density at radius 2 is 1.61 bits per heavy atom. The Kier molecular flexibility index (Phi) is 8.07. The van der Waals surface area contributed by atoms with Gasteiger partial charge in [0.25, 0.3) is 5.24 Å². The first-order valence-corrected chi connectivity index (χ1v) is 9.75. The molecule has 0 saturated heterocycles. The molecule has 148 valence electrons. The zero-order valence-electron chi connectivity index (χ0n) is 16.2. The SMILES string of the molecule is CCOc1ccc(C(=O)CCC(=O)Nc2ccc(SC(=O)N(C)C)cc2)cc1. The standard InChI is InChI=1S/C21H24N2O4S/c1-4-27-17-9-5-15(6-10-17)19(24)13-14-20(25)22-16-7-11-18(12-8-16)28-21(26)23(2)3/h5-12H,4,13-14H2,1-3H3,(H,22,25). The Morgan fingerprint density at radius 3 is 2.18 bits per heavy atom. The zero-order chi connectivity index (χ0) is 20.5. The highest BCUT2D eigenvalue weighted by molar-refractivity contribution is 8.13. The van der Waals surface area contributed by atoms with E-state index >= 15 is 0 Å². The van der Waals surface area contributed by atoms with Crippen LogP contribution in [-0.2, 0) is 4.79 Å². The largest absolute Gasteiger partial charge is 0.494 e. The van der Waals surface area contributed by atoms with Gasteiger partial charge >= 0.3 is 0 Å². The van der Waals surface area contributed by atoms with Crippen molar-refractivity contribution in [3.8, 4) is 5.75 Å². The second kappa shape index (κ2) is 10.5. The number of anilines is 1. The summed E-state index contributed by atoms with van der Waals surface area (Å²) in [5, 5.41) is 2.70. The minimum absolute atomic E-state index is 0.0652. The highest BCUT2D eigenvalue weighted by atomic mass is 32.2. The normalized spacial score (nSPS) is 10.2. The third-order valence-electron chi connectivity index (χ3n) is 3.77. The van der Waals surface area contributed by atoms with Crippen LogP contribution in [0.25, 0.3) is 0 Å². The lowest BCUT2D eigenvalue weighted by molar-refractivity contribution is -0.116. The predicted octanol–water partition coefficient (Wildman–Crippen LogP) is 4.46. The van der Waals surface area contributed by atoms with Crippen molar-refractivity contribution < 1.29 is 19.1 Å². The van der Waals surface area contributed by atoms with E-state index in [1.54, 1.807) is 62.6 Å². The molecular weight excluding hydrogens is 376 g/mol. The van der Waals surface area contributed by atoms with Gasteiger partial charge in [-0.05, 0) is 67.2 Å². The van der Waals surface area contributed by atoms with Crippen molar-refractivity contribution in [1.82, 2.24) is 4.90 Å². The quantitative estimate of drug-likeness (QED) is 0.523. The van der Waals surface area contributed by atoms with Gasteiger partial charge in [0.1, 0.15) is 5.75 Å². The van der Waals surface area contributed by atoms with Gasteiger partial charge in [-0.3, -0.25) is 14.4 Å². The van der Waals surface area contributed by atoms with E-state index in [2.05, 4.69) is 5.32 Å². The molecule has 0 atom stereocenters. The summed E-state index contributed by atoms with van der Waals surface area (Å²) in [5.41, 5.74) is 1.18. The number of amides is 2. The smallest absolute Gasteiger partial charge is 0.285 e. The third-order valence-corrected chi connectivity index (χ3v) is 4.82. The number of thioether (sulfide) groups is 1. The monoisotopic (exact) mass is 400 g/mol. The highest BCUT2D eigenvalue weighted by Crippen LogP contribution is 2.22. The number of ether oxygens (including phenoxy) is 1. The van der Waals surface area contributed by atoms with E-state index in [1.807, 2.05) is 6.92 Å². The fraction of sp³-hybridized carbons (Fsp3) is 0.286. The molecule has 2 aromatic rings. The van der Waals surface area contributed by atoms with Crippen LogP contribution in [0.1, 0.15) is 30.1 Å². The van der Waals surface area contributed by atoms with Crippen molar-refractivity contribution in [3.63, 3.8) is 0 Å². The molecular formula is C21H24N2O4S. The molecule has 28 heavy (non-hydrogen) atoms. The van der Waals surface area contributed by atoms with E-state index < -0.39 is 0 Å². The molecule has 0 spiro atoms. The fourth-order valence-electron chi connectivity index (χ4n) is 2.30. The van der Waals surface area contributed by atoms with Crippen LogP contribution in [0.4, 0.5) is 10.5 Å². The van der Waals surface area contributed by atoms with Gasteiger partial charge in [-0.25, -0.2) is 0 Å². The van der Waals surface area contributed by atoms with Gasteiger partial charge in [-0.2, -0.15) is 0 Å². The van der Waals surface area contributed by atoms with Crippen molar-refractivity contribution in [2.24, 2.45) is 0 Å². The van der Waals surface area contributed by atoms with Crippen LogP contribution in [0.2, 0.25) is 0 Å². The molecule has 7 heteroatoms. The Balaban J connectivity index is 1.81. The molecule has 0 saturated carbocycles. The van der Waals surface area contributed by atoms with Gasteiger partial charge < -0.3 is 15.0 Å². The van der Waals surface area contributed by atoms with Crippen molar-refractivity contribution in [3.05, 3.63) is 54.1 Å². The maximum atomic E-state index is 12.2. The van der Waals surface area contributed by atoms with E-state index in [4.69, 9.17) is 4.74 Å². The lowest BCUT2D eigenvalue weighted by atomic mass is 10.1. The molecule has 2 rings (SSSR count). The molecule has 6 nitrogen and oxygen atoms in total. The lowest BCUT2D eigenvalue weighted by Gasteiger charge is -2.10. The maximum absolute atomic E-state index is 12.2. The number of hydrogen-bond acceptors (Lipinski definition) is 5. The van der Waals surface area contributed by atoms with Gasteiger partial charge in [-0.15, -0.1) is 0 Å². The van der Waals surface area contributed by atoms with Crippen LogP contribution in [0.5, 0.6) is 5.75 Å². The summed E-state index contributed by atoms with van der Waals surface area (Å²) in [4.78, 5) is 38.3. The summed E-state index contributed by atoms with van der Waals surface area (Å²) in [5.74, 6) is 0.391. The van der Waals surface area contributed by atoms with Crippen LogP contribution >= 0.6 is 11.8 Å². The molecule has 0 bridgehead atoms. The van der Waals surface area contributed by atoms with E-state index in [-0.39, 0.29) is 29.8 Å². The van der Waals surface area contributed by atoms with E-state index in [9.17, 15) is 14.4 Å². The topological polar surface area (TPSA) is 75.7 Å². The fourth-order valence-corrected chi connectivity index (χ4v) is 2.95. The second-order valence-electron chi connectivity index (χ2n) is 6.22. The Labute approximate surface area is 169 Å². The van der Waals surface area contributed by atoms with E-state index in [0.29, 0.717) is 23.6 Å². The molecule has 0 radical (unpaired) electrons. The first-order chi connectivity index (χ1) is 13.4. The molecule has 0 heterocycles. The lowest BCUT2D eigenvalue weighted by Crippen LogP contribution is -2.16. The first-order valence-electron chi connectivity index (χ1n) is 8.94. The molecule has 0 unspecified atom stereocenters. The number of carbonyl (C=O) groups excluding carboxylic acids is 3. The average molecular weight is 401 g/mol. The van der Waals surface area contributed by atoms with E-state index in [1.165, 1.54) is 4.90 Å². The summed E-state index contributed by atoms with van der Waals surface area (Å²) in [6.07, 6.45) is 0.229. The van der Waals surface area contributed by atoms with E-state index in [0.717, 1.165) is 16.7 Å². The van der Waals surface area contributed by atoms with Crippen LogP contribution in [-0.4, -0.2) is 42.5 Å². The van der Waals surface area contributed by atoms with Crippen molar-refractivity contribution in [2.45, 2.75) is 24.7 Å². The summed E-state index contributed by atoms with van der Waals surface area (Å²) in [6, 6.07) is 13.9. The first kappa shape index (κ1) is 21.5. The Hall–Kier alpha value is -2.80. The van der Waals surface area contributed by atoms with Crippen molar-refractivity contribution in [1.29, 1.82) is 0 Å². The van der Waals surface area contributed by atoms with Gasteiger partial charge in [0.05, 0.1) is 6.61 Å². The number of nitrogens with zero attached hydrogens (tertiary/aromatic N) is 1. The average Bonchev–Trinajstić information content (AvgIpc) is 2.68. The second-order valence-corrected chi connectivity index (χ2v) is 7.24. The molecule has 0 fully saturated rings. The molecule has 0 aliphatic carbocycles. The number of nitrogens with one attached hydrogen (secondary N) is 1. The van der Waals surface area contributed by atoms with Gasteiger partial charge in [0.2, 0.25) is 5.91 Å². The molecule has 0 aromatic heterocycles. The highest BCUT2D eigenvalue weighted by Gasteiger charge is 2.11. The number of hydrogen-bond donors (Lipinski definition) is 1. The summed E-state index contributed by atoms with van der Waals surface area (Å²) < 4.78 is 5.35. The summed E-state index contributed by atoms with van der Waals surface area (Å²) in [6.45, 7) is 2.46. The molecule has 1 N–H and O–H groups in total. The van der Waals surface area contributed by atoms with Crippen LogP contribution in [0, 0.1) is 0 Å². The van der Waals surface area contributed by atoms with Crippen LogP contribution in [0.15, 0.2) is 53.4 Å². The Morgan fingerprint density at radius 1 is 0.964 bits per heavy atom. The van der Waals surface area contributed by atoms with Crippen molar-refractivity contribution in [2.75, 3.05) is 26.0 Å². The molecule has 2 aromatic carbocycles. The minimum atomic E-state index is -0.232. The van der Waals surface area contributed by atoms with Gasteiger partial charge in [0, 0.05) is 43.1 Å². The maximum Gasteiger partial charge on any atom is 0.285 e. The third kappa shape index (κ3) is 6.74. The molecule has 0 aliphatic heterocycles. The number of ketones is 1. The van der Waals surface area contributed by atoms with Crippen LogP contribution in [0.3, 0.4) is 0 Å². The van der Waals surface area contributed by atoms with Gasteiger partial charge in [-0.1, -0.05) is 0 Å². The zero-order valence-corrected chi connectivity index (χ0v) is 17.0. The van der Waals surface area contributed by atoms with Crippen LogP contribution < -0.4 is 10.1 Å². The number of benzene rings is 2. The summed E-state index contributed by atoms with van der Waals surface area (Å²) >= 11 is 1.12. The summed E-state index contributed by atoms with van der Waals surface area (Å²) in [7, 11) is 3.39. The number of rotatable bonds is 8.